The zero-order valence-corrected chi connectivity index (χ0v) is 28.2. The molecule has 0 radical (unpaired) electrons. The normalized spacial score (nSPS) is 11.5. The van der Waals surface area contributed by atoms with Gasteiger partial charge in [0.15, 0.2) is 17.5 Å². The molecule has 3 nitrogen and oxygen atoms in total. The summed E-state index contributed by atoms with van der Waals surface area (Å²) < 4.78 is 0. The molecule has 10 rings (SSSR count). The molecule has 0 bridgehead atoms. The summed E-state index contributed by atoms with van der Waals surface area (Å²) in [5, 5.41) is 9.33. The van der Waals surface area contributed by atoms with E-state index in [2.05, 4.69) is 170 Å². The van der Waals surface area contributed by atoms with Gasteiger partial charge in [-0.2, -0.15) is 0 Å². The van der Waals surface area contributed by atoms with Gasteiger partial charge in [-0.05, 0) is 59.8 Å². The fraction of sp³-hybridized carbons (Fsp3) is 0. The minimum atomic E-state index is 0.638. The van der Waals surface area contributed by atoms with Gasteiger partial charge in [-0.1, -0.05) is 188 Å². The lowest BCUT2D eigenvalue weighted by Crippen LogP contribution is -2.02. The van der Waals surface area contributed by atoms with E-state index in [0.717, 1.165) is 49.4 Å². The number of rotatable bonds is 5. The van der Waals surface area contributed by atoms with Crippen molar-refractivity contribution in [1.82, 2.24) is 15.0 Å². The number of aromatic nitrogens is 3. The van der Waals surface area contributed by atoms with E-state index in [9.17, 15) is 0 Å². The van der Waals surface area contributed by atoms with Crippen LogP contribution in [0.1, 0.15) is 0 Å². The van der Waals surface area contributed by atoms with Crippen LogP contribution in [0.25, 0.3) is 99.5 Å². The summed E-state index contributed by atoms with van der Waals surface area (Å²) >= 11 is 0. The van der Waals surface area contributed by atoms with Gasteiger partial charge in [-0.15, -0.1) is 0 Å². The largest absolute Gasteiger partial charge is 0.208 e. The molecule has 0 aliphatic carbocycles. The van der Waals surface area contributed by atoms with E-state index in [0.29, 0.717) is 17.5 Å². The first kappa shape index (κ1) is 29.9. The molecule has 1 heterocycles. The summed E-state index contributed by atoms with van der Waals surface area (Å²) in [4.78, 5) is 15.9. The molecule has 0 saturated heterocycles. The van der Waals surface area contributed by atoms with Crippen molar-refractivity contribution < 1.29 is 0 Å². The second-order valence-electron chi connectivity index (χ2n) is 13.1. The van der Waals surface area contributed by atoms with E-state index in [-0.39, 0.29) is 0 Å². The van der Waals surface area contributed by atoms with Crippen LogP contribution in [0.15, 0.2) is 188 Å². The maximum absolute atomic E-state index is 5.42. The summed E-state index contributed by atoms with van der Waals surface area (Å²) in [5.74, 6) is 1.92. The predicted octanol–water partition coefficient (Wildman–Crippen LogP) is 12.8. The van der Waals surface area contributed by atoms with Gasteiger partial charge in [0.1, 0.15) is 0 Å². The molecule has 0 saturated carbocycles. The molecule has 0 unspecified atom stereocenters. The molecule has 0 atom stereocenters. The molecule has 0 aliphatic heterocycles. The standard InChI is InChI=1S/C49H31N3/c1-3-17-33(18-4-1)45-42-25-11-9-23-39(42)40-24-10-12-26-43(40)46(45)49-51-47(34-19-5-2-6-20-34)50-48(52-49)44-31-15-29-38-37(28-14-30-41(38)44)36-27-13-21-32-16-7-8-22-35(32)36/h1-31H. The van der Waals surface area contributed by atoms with Crippen molar-refractivity contribution in [1.29, 1.82) is 0 Å². The lowest BCUT2D eigenvalue weighted by Gasteiger charge is -2.18. The Labute approximate surface area is 301 Å². The third-order valence-electron chi connectivity index (χ3n) is 10.1. The molecule has 242 valence electrons. The van der Waals surface area contributed by atoms with Gasteiger partial charge >= 0.3 is 0 Å². The lowest BCUT2D eigenvalue weighted by molar-refractivity contribution is 1.08. The van der Waals surface area contributed by atoms with E-state index in [1.54, 1.807) is 0 Å². The third kappa shape index (κ3) is 4.94. The van der Waals surface area contributed by atoms with Crippen molar-refractivity contribution in [2.24, 2.45) is 0 Å². The lowest BCUT2D eigenvalue weighted by atomic mass is 9.87. The molecule has 1 aromatic heterocycles. The van der Waals surface area contributed by atoms with Crippen molar-refractivity contribution in [2.45, 2.75) is 0 Å². The van der Waals surface area contributed by atoms with Gasteiger partial charge in [0.05, 0.1) is 0 Å². The van der Waals surface area contributed by atoms with E-state index < -0.39 is 0 Å². The Hall–Kier alpha value is -6.97. The molecular weight excluding hydrogens is 631 g/mol. The molecule has 10 aromatic rings. The van der Waals surface area contributed by atoms with Crippen molar-refractivity contribution >= 4 is 43.1 Å². The van der Waals surface area contributed by atoms with Crippen molar-refractivity contribution in [2.75, 3.05) is 0 Å². The Kier molecular flexibility index (Phi) is 7.14. The number of fused-ring (bicyclic) bond motifs is 5. The average molecular weight is 662 g/mol. The second-order valence-corrected chi connectivity index (χ2v) is 13.1. The molecule has 3 heteroatoms. The van der Waals surface area contributed by atoms with Crippen LogP contribution in [0, 0.1) is 0 Å². The maximum atomic E-state index is 5.42. The zero-order chi connectivity index (χ0) is 34.4. The number of hydrogen-bond donors (Lipinski definition) is 0. The molecule has 0 spiro atoms. The van der Waals surface area contributed by atoms with Gasteiger partial charge in [-0.25, -0.2) is 15.0 Å². The molecule has 0 aliphatic rings. The van der Waals surface area contributed by atoms with Crippen LogP contribution in [0.2, 0.25) is 0 Å². The van der Waals surface area contributed by atoms with Crippen LogP contribution >= 0.6 is 0 Å². The zero-order valence-electron chi connectivity index (χ0n) is 28.2. The minimum Gasteiger partial charge on any atom is -0.208 e. The molecule has 0 fully saturated rings. The van der Waals surface area contributed by atoms with Crippen molar-refractivity contribution in [3.8, 4) is 56.4 Å². The van der Waals surface area contributed by atoms with Crippen LogP contribution < -0.4 is 0 Å². The quantitative estimate of drug-likeness (QED) is 0.172. The van der Waals surface area contributed by atoms with Crippen LogP contribution in [0.4, 0.5) is 0 Å². The second kappa shape index (κ2) is 12.4. The van der Waals surface area contributed by atoms with E-state index in [4.69, 9.17) is 15.0 Å². The Morgan fingerprint density at radius 2 is 0.654 bits per heavy atom. The molecule has 0 N–H and O–H groups in total. The number of hydrogen-bond acceptors (Lipinski definition) is 3. The van der Waals surface area contributed by atoms with Crippen molar-refractivity contribution in [3.05, 3.63) is 188 Å². The molecule has 52 heavy (non-hydrogen) atoms. The Morgan fingerprint density at radius 1 is 0.231 bits per heavy atom. The summed E-state index contributed by atoms with van der Waals surface area (Å²) in [5.41, 5.74) is 7.52. The van der Waals surface area contributed by atoms with Gasteiger partial charge < -0.3 is 0 Å². The first-order valence-corrected chi connectivity index (χ1v) is 17.6. The summed E-state index contributed by atoms with van der Waals surface area (Å²) in [6, 6.07) is 66.3. The van der Waals surface area contributed by atoms with Crippen LogP contribution in [0.5, 0.6) is 0 Å². The van der Waals surface area contributed by atoms with Crippen LogP contribution in [-0.2, 0) is 0 Å². The van der Waals surface area contributed by atoms with Gasteiger partial charge in [0.25, 0.3) is 0 Å². The molecule has 0 amide bonds. The third-order valence-corrected chi connectivity index (χ3v) is 10.1. The van der Waals surface area contributed by atoms with E-state index in [1.807, 2.05) is 18.2 Å². The van der Waals surface area contributed by atoms with E-state index >= 15 is 0 Å². The highest BCUT2D eigenvalue weighted by Crippen LogP contribution is 2.44. The maximum Gasteiger partial charge on any atom is 0.165 e. The Morgan fingerprint density at radius 3 is 1.35 bits per heavy atom. The monoisotopic (exact) mass is 661 g/mol. The van der Waals surface area contributed by atoms with Gasteiger partial charge in [0, 0.05) is 22.3 Å². The molecular formula is C49H31N3. The smallest absolute Gasteiger partial charge is 0.165 e. The van der Waals surface area contributed by atoms with Gasteiger partial charge in [0.2, 0.25) is 0 Å². The van der Waals surface area contributed by atoms with Gasteiger partial charge in [-0.3, -0.25) is 0 Å². The van der Waals surface area contributed by atoms with Crippen LogP contribution in [0.3, 0.4) is 0 Å². The summed E-state index contributed by atoms with van der Waals surface area (Å²) in [7, 11) is 0. The van der Waals surface area contributed by atoms with Crippen molar-refractivity contribution in [3.63, 3.8) is 0 Å². The highest BCUT2D eigenvalue weighted by atomic mass is 15.0. The number of nitrogens with zero attached hydrogens (tertiary/aromatic N) is 3. The van der Waals surface area contributed by atoms with E-state index in [1.165, 1.54) is 32.7 Å². The fourth-order valence-corrected chi connectivity index (χ4v) is 7.80. The fourth-order valence-electron chi connectivity index (χ4n) is 7.80. The predicted molar refractivity (Wildman–Crippen MR) is 217 cm³/mol. The SMILES string of the molecule is c1ccc(-c2nc(-c3cccc4c(-c5cccc6ccccc56)cccc34)nc(-c3c(-c4ccccc4)c4ccccc4c4ccccc34)n2)cc1. The number of benzene rings is 9. The summed E-state index contributed by atoms with van der Waals surface area (Å²) in [6.07, 6.45) is 0. The Bertz CT molecular complexity index is 2950. The van der Waals surface area contributed by atoms with Crippen LogP contribution in [-0.4, -0.2) is 15.0 Å². The average Bonchev–Trinajstić information content (AvgIpc) is 3.23. The highest BCUT2D eigenvalue weighted by Gasteiger charge is 2.22. The topological polar surface area (TPSA) is 38.7 Å². The highest BCUT2D eigenvalue weighted by molar-refractivity contribution is 6.21. The first-order valence-electron chi connectivity index (χ1n) is 17.6. The Balaban J connectivity index is 1.29. The first-order chi connectivity index (χ1) is 25.8. The minimum absolute atomic E-state index is 0.638. The molecule has 9 aromatic carbocycles. The summed E-state index contributed by atoms with van der Waals surface area (Å²) in [6.45, 7) is 0.